The van der Waals surface area contributed by atoms with E-state index >= 15 is 0 Å². The molecule has 1 rings (SSSR count). The van der Waals surface area contributed by atoms with Gasteiger partial charge in [-0.25, -0.2) is 0 Å². The highest BCUT2D eigenvalue weighted by Gasteiger charge is 2.19. The summed E-state index contributed by atoms with van der Waals surface area (Å²) in [6.45, 7) is 5.91. The van der Waals surface area contributed by atoms with Gasteiger partial charge in [-0.3, -0.25) is 0 Å². The molecule has 0 saturated carbocycles. The zero-order valence-electron chi connectivity index (χ0n) is 8.26. The summed E-state index contributed by atoms with van der Waals surface area (Å²) in [5, 5.41) is 0.764. The molecule has 76 valence electrons. The van der Waals surface area contributed by atoms with Crippen LogP contribution in [0.5, 0.6) is 0 Å². The first-order chi connectivity index (χ1) is 6.59. The van der Waals surface area contributed by atoms with Crippen molar-refractivity contribution in [2.45, 2.75) is 13.3 Å². The molecule has 0 aromatic heterocycles. The molecule has 0 aliphatic heterocycles. The zero-order valence-corrected chi connectivity index (χ0v) is 9.78. The lowest BCUT2D eigenvalue weighted by molar-refractivity contribution is 0.486. The quantitative estimate of drug-likeness (QED) is 0.533. The zero-order chi connectivity index (χ0) is 10.6. The summed E-state index contributed by atoms with van der Waals surface area (Å²) in [6.07, 6.45) is 2.81. The standard InChI is InChI=1S/C12H14Cl2/c1-3-12(2,9-13)8-10-4-6-11(14)7-5-10/h3-7H,1,8-9H2,2H3. The maximum Gasteiger partial charge on any atom is 0.0406 e. The van der Waals surface area contributed by atoms with Gasteiger partial charge in [0.25, 0.3) is 0 Å². The number of rotatable bonds is 4. The molecule has 2 heteroatoms. The number of allylic oxidation sites excluding steroid dienone is 1. The molecule has 0 N–H and O–H groups in total. The molecule has 0 bridgehead atoms. The average molecular weight is 229 g/mol. The Morgan fingerprint density at radius 3 is 2.36 bits per heavy atom. The van der Waals surface area contributed by atoms with Gasteiger partial charge in [-0.2, -0.15) is 0 Å². The van der Waals surface area contributed by atoms with Crippen molar-refractivity contribution in [1.82, 2.24) is 0 Å². The van der Waals surface area contributed by atoms with Gasteiger partial charge in [-0.1, -0.05) is 36.7 Å². The smallest absolute Gasteiger partial charge is 0.0406 e. The average Bonchev–Trinajstić information content (AvgIpc) is 2.21. The Morgan fingerprint density at radius 2 is 1.93 bits per heavy atom. The van der Waals surface area contributed by atoms with Gasteiger partial charge in [0.15, 0.2) is 0 Å². The van der Waals surface area contributed by atoms with Crippen LogP contribution in [0.25, 0.3) is 0 Å². The number of benzene rings is 1. The highest BCUT2D eigenvalue weighted by atomic mass is 35.5. The van der Waals surface area contributed by atoms with Crippen molar-refractivity contribution in [2.75, 3.05) is 5.88 Å². The van der Waals surface area contributed by atoms with Crippen LogP contribution >= 0.6 is 23.2 Å². The van der Waals surface area contributed by atoms with E-state index in [2.05, 4.69) is 13.5 Å². The van der Waals surface area contributed by atoms with Crippen LogP contribution in [0.2, 0.25) is 5.02 Å². The predicted octanol–water partition coefficient (Wildman–Crippen LogP) is 4.31. The summed E-state index contributed by atoms with van der Waals surface area (Å²) in [4.78, 5) is 0. The van der Waals surface area contributed by atoms with Gasteiger partial charge in [0, 0.05) is 16.3 Å². The summed E-state index contributed by atoms with van der Waals surface area (Å²) in [6, 6.07) is 7.84. The Hall–Kier alpha value is -0.460. The molecule has 0 nitrogen and oxygen atoms in total. The van der Waals surface area contributed by atoms with E-state index in [0.717, 1.165) is 11.4 Å². The van der Waals surface area contributed by atoms with Crippen LogP contribution < -0.4 is 0 Å². The number of hydrogen-bond donors (Lipinski definition) is 0. The van der Waals surface area contributed by atoms with Crippen molar-refractivity contribution in [1.29, 1.82) is 0 Å². The van der Waals surface area contributed by atoms with Crippen molar-refractivity contribution < 1.29 is 0 Å². The fourth-order valence-corrected chi connectivity index (χ4v) is 1.57. The van der Waals surface area contributed by atoms with E-state index in [9.17, 15) is 0 Å². The Kier molecular flexibility index (Phi) is 4.03. The second-order valence-corrected chi connectivity index (χ2v) is 4.50. The molecule has 0 heterocycles. The van der Waals surface area contributed by atoms with E-state index in [0.29, 0.717) is 5.88 Å². The summed E-state index contributed by atoms with van der Waals surface area (Å²) < 4.78 is 0. The van der Waals surface area contributed by atoms with Gasteiger partial charge >= 0.3 is 0 Å². The summed E-state index contributed by atoms with van der Waals surface area (Å²) >= 11 is 11.7. The summed E-state index contributed by atoms with van der Waals surface area (Å²) in [5.41, 5.74) is 1.20. The van der Waals surface area contributed by atoms with Crippen LogP contribution in [0.15, 0.2) is 36.9 Å². The molecule has 0 spiro atoms. The van der Waals surface area contributed by atoms with Crippen LogP contribution in [-0.2, 0) is 6.42 Å². The largest absolute Gasteiger partial charge is 0.126 e. The fraction of sp³-hybridized carbons (Fsp3) is 0.333. The van der Waals surface area contributed by atoms with Gasteiger partial charge < -0.3 is 0 Å². The van der Waals surface area contributed by atoms with Crippen molar-refractivity contribution in [3.63, 3.8) is 0 Å². The lowest BCUT2D eigenvalue weighted by atomic mass is 9.86. The lowest BCUT2D eigenvalue weighted by Gasteiger charge is -2.22. The predicted molar refractivity (Wildman–Crippen MR) is 64.2 cm³/mol. The van der Waals surface area contributed by atoms with Crippen molar-refractivity contribution in [3.8, 4) is 0 Å². The Labute approximate surface area is 95.5 Å². The number of hydrogen-bond acceptors (Lipinski definition) is 0. The van der Waals surface area contributed by atoms with Crippen molar-refractivity contribution >= 4 is 23.2 Å². The third-order valence-electron chi connectivity index (χ3n) is 2.32. The van der Waals surface area contributed by atoms with Crippen molar-refractivity contribution in [2.24, 2.45) is 5.41 Å². The minimum atomic E-state index is -0.0324. The molecule has 0 radical (unpaired) electrons. The summed E-state index contributed by atoms with van der Waals surface area (Å²) in [5.74, 6) is 0.582. The molecule has 1 aromatic rings. The third-order valence-corrected chi connectivity index (χ3v) is 3.18. The van der Waals surface area contributed by atoms with E-state index in [-0.39, 0.29) is 5.41 Å². The Morgan fingerprint density at radius 1 is 1.36 bits per heavy atom. The molecule has 0 aliphatic carbocycles. The monoisotopic (exact) mass is 228 g/mol. The Bertz CT molecular complexity index is 303. The van der Waals surface area contributed by atoms with E-state index in [1.807, 2.05) is 30.3 Å². The molecule has 0 aliphatic rings. The van der Waals surface area contributed by atoms with Crippen molar-refractivity contribution in [3.05, 3.63) is 47.5 Å². The topological polar surface area (TPSA) is 0 Å². The highest BCUT2D eigenvalue weighted by molar-refractivity contribution is 6.30. The normalized spacial score (nSPS) is 14.8. The maximum atomic E-state index is 5.89. The summed E-state index contributed by atoms with van der Waals surface area (Å²) in [7, 11) is 0. The van der Waals surface area contributed by atoms with Gasteiger partial charge in [0.1, 0.15) is 0 Å². The third kappa shape index (κ3) is 3.04. The molecule has 0 amide bonds. The SMILES string of the molecule is C=CC(C)(CCl)Cc1ccc(Cl)cc1. The van der Waals surface area contributed by atoms with E-state index in [4.69, 9.17) is 23.2 Å². The van der Waals surface area contributed by atoms with Gasteiger partial charge in [0.05, 0.1) is 0 Å². The van der Waals surface area contributed by atoms with E-state index in [1.54, 1.807) is 0 Å². The Balaban J connectivity index is 2.77. The first-order valence-electron chi connectivity index (χ1n) is 4.54. The van der Waals surface area contributed by atoms with Gasteiger partial charge in [0.2, 0.25) is 0 Å². The fourth-order valence-electron chi connectivity index (χ4n) is 1.24. The lowest BCUT2D eigenvalue weighted by Crippen LogP contribution is -2.18. The van der Waals surface area contributed by atoms with Gasteiger partial charge in [-0.05, 0) is 24.1 Å². The molecule has 14 heavy (non-hydrogen) atoms. The molecular formula is C12H14Cl2. The van der Waals surface area contributed by atoms with Gasteiger partial charge in [-0.15, -0.1) is 18.2 Å². The first kappa shape index (κ1) is 11.6. The molecule has 1 aromatic carbocycles. The van der Waals surface area contributed by atoms with E-state index < -0.39 is 0 Å². The highest BCUT2D eigenvalue weighted by Crippen LogP contribution is 2.25. The number of halogens is 2. The minimum absolute atomic E-state index is 0.0324. The molecule has 0 saturated heterocycles. The minimum Gasteiger partial charge on any atom is -0.126 e. The van der Waals surface area contributed by atoms with Crippen LogP contribution in [0.3, 0.4) is 0 Å². The molecule has 1 unspecified atom stereocenters. The second kappa shape index (κ2) is 4.86. The van der Waals surface area contributed by atoms with Crippen LogP contribution in [-0.4, -0.2) is 5.88 Å². The molecule has 0 fully saturated rings. The maximum absolute atomic E-state index is 5.89. The second-order valence-electron chi connectivity index (χ2n) is 3.80. The number of alkyl halides is 1. The van der Waals surface area contributed by atoms with Crippen LogP contribution in [0.4, 0.5) is 0 Å². The van der Waals surface area contributed by atoms with Crippen LogP contribution in [0.1, 0.15) is 12.5 Å². The first-order valence-corrected chi connectivity index (χ1v) is 5.45. The molecule has 1 atom stereocenters. The van der Waals surface area contributed by atoms with Crippen LogP contribution in [0, 0.1) is 5.41 Å². The molecular weight excluding hydrogens is 215 g/mol. The van der Waals surface area contributed by atoms with E-state index in [1.165, 1.54) is 5.56 Å².